The van der Waals surface area contributed by atoms with Crippen LogP contribution in [-0.4, -0.2) is 77.7 Å². The third-order valence-electron chi connectivity index (χ3n) is 7.65. The van der Waals surface area contributed by atoms with Gasteiger partial charge in [-0.05, 0) is 50.4 Å². The monoisotopic (exact) mass is 497 g/mol. The number of Topliss-reactive ketones (excluding diaryl/α,β-unsaturated/α-hetero) is 3. The molecule has 0 saturated heterocycles. The lowest BCUT2D eigenvalue weighted by atomic mass is 9.60. The van der Waals surface area contributed by atoms with Gasteiger partial charge in [0.15, 0.2) is 17.3 Å². The fourth-order valence-electron chi connectivity index (χ4n) is 6.12. The van der Waals surface area contributed by atoms with Crippen molar-refractivity contribution in [1.29, 1.82) is 0 Å². The topological polar surface area (TPSA) is 161 Å². The Morgan fingerprint density at radius 1 is 1.08 bits per heavy atom. The Morgan fingerprint density at radius 3 is 2.25 bits per heavy atom. The van der Waals surface area contributed by atoms with Gasteiger partial charge < -0.3 is 26.0 Å². The second kappa shape index (κ2) is 8.77. The number of nitrogens with two attached hydrogens (primary N) is 1. The fraction of sp³-hybridized carbons (Fsp3) is 0.462. The van der Waals surface area contributed by atoms with Crippen LogP contribution in [0, 0.1) is 17.8 Å². The highest BCUT2D eigenvalue weighted by atomic mass is 16.3. The van der Waals surface area contributed by atoms with E-state index in [9.17, 15) is 34.5 Å². The van der Waals surface area contributed by atoms with Gasteiger partial charge in [0, 0.05) is 31.8 Å². The Hall–Kier alpha value is -3.66. The zero-order chi connectivity index (χ0) is 26.8. The number of ketones is 3. The molecule has 1 amide bonds. The number of fused-ring (bicyclic) bond motifs is 3. The molecule has 36 heavy (non-hydrogen) atoms. The standard InChI is InChI=1S/C26H31N3O7/c1-6-15(30)12-9-14(28(2)3)11-7-10-8-13-18(23(33)16(10)22(32)17(11)21(12)31)24(34)19(26(27)36)25(35)20(13)29(4)5/h9-10,13,18,20,31,33,35H,6-8H2,1-5H3,(H2,27,36)/t10?,13?,18?,20-/m0/s1. The molecule has 10 heteroatoms. The second-order valence-corrected chi connectivity index (χ2v) is 10.1. The number of aliphatic hydroxyl groups is 2. The molecule has 0 heterocycles. The van der Waals surface area contributed by atoms with E-state index in [2.05, 4.69) is 0 Å². The van der Waals surface area contributed by atoms with Gasteiger partial charge in [0.05, 0.1) is 23.1 Å². The summed E-state index contributed by atoms with van der Waals surface area (Å²) in [7, 11) is 6.90. The van der Waals surface area contributed by atoms with Crippen LogP contribution in [0.15, 0.2) is 28.7 Å². The smallest absolute Gasteiger partial charge is 0.255 e. The molecule has 0 aromatic heterocycles. The summed E-state index contributed by atoms with van der Waals surface area (Å²) in [5.74, 6) is -6.66. The number of allylic oxidation sites excluding steroid dienone is 2. The summed E-state index contributed by atoms with van der Waals surface area (Å²) in [5, 5.41) is 33.2. The second-order valence-electron chi connectivity index (χ2n) is 10.1. The number of aromatic hydroxyl groups is 1. The number of primary amides is 1. The van der Waals surface area contributed by atoms with E-state index in [1.807, 2.05) is 0 Å². The molecule has 0 spiro atoms. The SMILES string of the molecule is CCC(=O)c1cc(N(C)C)c2c(c1O)C(=O)C1=C(O)C3C(=O)C(C(N)=O)=C(O)[C@@H](N(C)C)C3CC1C2. The van der Waals surface area contributed by atoms with Gasteiger partial charge >= 0.3 is 0 Å². The molecular weight excluding hydrogens is 466 g/mol. The molecule has 5 N–H and O–H groups in total. The van der Waals surface area contributed by atoms with E-state index >= 15 is 0 Å². The van der Waals surface area contributed by atoms with Gasteiger partial charge in [-0.15, -0.1) is 0 Å². The van der Waals surface area contributed by atoms with Gasteiger partial charge in [0.1, 0.15) is 22.8 Å². The van der Waals surface area contributed by atoms with Crippen molar-refractivity contribution in [3.63, 3.8) is 0 Å². The Balaban J connectivity index is 1.95. The maximum absolute atomic E-state index is 13.8. The van der Waals surface area contributed by atoms with Crippen molar-refractivity contribution in [3.8, 4) is 5.75 Å². The van der Waals surface area contributed by atoms with Crippen molar-refractivity contribution >= 4 is 28.9 Å². The Morgan fingerprint density at radius 2 is 1.72 bits per heavy atom. The predicted molar refractivity (Wildman–Crippen MR) is 131 cm³/mol. The van der Waals surface area contributed by atoms with Gasteiger partial charge in [-0.1, -0.05) is 6.92 Å². The zero-order valence-electron chi connectivity index (χ0n) is 21.0. The minimum atomic E-state index is -1.25. The molecule has 3 aliphatic rings. The van der Waals surface area contributed by atoms with Crippen molar-refractivity contribution in [2.24, 2.45) is 23.5 Å². The van der Waals surface area contributed by atoms with E-state index in [1.54, 1.807) is 51.0 Å². The highest BCUT2D eigenvalue weighted by Crippen LogP contribution is 2.51. The first kappa shape index (κ1) is 25.4. The molecule has 0 saturated carbocycles. The average molecular weight is 498 g/mol. The van der Waals surface area contributed by atoms with Crippen molar-refractivity contribution in [2.45, 2.75) is 32.2 Å². The van der Waals surface area contributed by atoms with E-state index in [1.165, 1.54) is 0 Å². The van der Waals surface area contributed by atoms with Crippen molar-refractivity contribution < 1.29 is 34.5 Å². The van der Waals surface area contributed by atoms with E-state index in [4.69, 9.17) is 5.73 Å². The maximum atomic E-state index is 13.8. The predicted octanol–water partition coefficient (Wildman–Crippen LogP) is 1.66. The fourth-order valence-corrected chi connectivity index (χ4v) is 6.12. The van der Waals surface area contributed by atoms with Crippen LogP contribution < -0.4 is 10.6 Å². The molecule has 0 aliphatic heterocycles. The number of anilines is 1. The van der Waals surface area contributed by atoms with Crippen LogP contribution >= 0.6 is 0 Å². The molecule has 0 fully saturated rings. The maximum Gasteiger partial charge on any atom is 0.255 e. The number of likely N-dealkylation sites (N-methyl/N-ethyl adjacent to an activating group) is 1. The molecule has 192 valence electrons. The van der Waals surface area contributed by atoms with Crippen molar-refractivity contribution in [3.05, 3.63) is 45.4 Å². The molecule has 4 rings (SSSR count). The quantitative estimate of drug-likeness (QED) is 0.350. The number of rotatable bonds is 5. The third kappa shape index (κ3) is 3.50. The first-order valence-electron chi connectivity index (χ1n) is 11.8. The number of hydrogen-bond acceptors (Lipinski definition) is 9. The minimum absolute atomic E-state index is 0.0130. The Kier molecular flexibility index (Phi) is 6.20. The summed E-state index contributed by atoms with van der Waals surface area (Å²) in [6.07, 6.45) is 0.663. The highest BCUT2D eigenvalue weighted by Gasteiger charge is 2.54. The molecule has 4 atom stereocenters. The molecule has 3 aliphatic carbocycles. The van der Waals surface area contributed by atoms with Gasteiger partial charge in [-0.3, -0.25) is 24.1 Å². The van der Waals surface area contributed by atoms with E-state index in [-0.39, 0.29) is 41.7 Å². The zero-order valence-corrected chi connectivity index (χ0v) is 21.0. The number of carbonyl (C=O) groups excluding carboxylic acids is 4. The first-order valence-corrected chi connectivity index (χ1v) is 11.8. The van der Waals surface area contributed by atoms with E-state index in [0.29, 0.717) is 11.3 Å². The highest BCUT2D eigenvalue weighted by molar-refractivity contribution is 6.22. The van der Waals surface area contributed by atoms with Crippen LogP contribution in [0.2, 0.25) is 0 Å². The van der Waals surface area contributed by atoms with Gasteiger partial charge in [-0.2, -0.15) is 0 Å². The van der Waals surface area contributed by atoms with Crippen LogP contribution in [0.4, 0.5) is 5.69 Å². The number of hydrogen-bond donors (Lipinski definition) is 4. The van der Waals surface area contributed by atoms with Crippen LogP contribution in [0.5, 0.6) is 5.75 Å². The number of carbonyl (C=O) groups is 4. The summed E-state index contributed by atoms with van der Waals surface area (Å²) >= 11 is 0. The van der Waals surface area contributed by atoms with E-state index < -0.39 is 64.1 Å². The number of aliphatic hydroxyl groups excluding tert-OH is 2. The van der Waals surface area contributed by atoms with Crippen LogP contribution in [-0.2, 0) is 16.0 Å². The number of phenols is 1. The molecular formula is C26H31N3O7. The summed E-state index contributed by atoms with van der Waals surface area (Å²) in [6.45, 7) is 1.65. The first-order chi connectivity index (χ1) is 16.8. The molecule has 3 unspecified atom stereocenters. The molecule has 0 radical (unpaired) electrons. The number of amides is 1. The van der Waals surface area contributed by atoms with Gasteiger partial charge in [0.25, 0.3) is 5.91 Å². The lowest BCUT2D eigenvalue weighted by molar-refractivity contribution is -0.127. The summed E-state index contributed by atoms with van der Waals surface area (Å²) in [6, 6.07) is 0.801. The van der Waals surface area contributed by atoms with E-state index in [0.717, 1.165) is 0 Å². The lowest BCUT2D eigenvalue weighted by Crippen LogP contribution is -2.53. The number of benzene rings is 1. The van der Waals surface area contributed by atoms with Crippen molar-refractivity contribution in [1.82, 2.24) is 4.90 Å². The van der Waals surface area contributed by atoms with Gasteiger partial charge in [-0.25, -0.2) is 0 Å². The number of nitrogens with zero attached hydrogens (tertiary/aromatic N) is 2. The van der Waals surface area contributed by atoms with Crippen LogP contribution in [0.1, 0.15) is 46.0 Å². The summed E-state index contributed by atoms with van der Waals surface area (Å²) in [5.41, 5.74) is 5.91. The Bertz CT molecular complexity index is 1270. The van der Waals surface area contributed by atoms with Crippen LogP contribution in [0.3, 0.4) is 0 Å². The summed E-state index contributed by atoms with van der Waals surface area (Å²) < 4.78 is 0. The summed E-state index contributed by atoms with van der Waals surface area (Å²) in [4.78, 5) is 55.1. The normalized spacial score (nSPS) is 25.5. The lowest BCUT2D eigenvalue weighted by Gasteiger charge is -2.46. The molecule has 1 aromatic carbocycles. The minimum Gasteiger partial charge on any atom is -0.511 e. The molecule has 1 aromatic rings. The van der Waals surface area contributed by atoms with Crippen molar-refractivity contribution in [2.75, 3.05) is 33.1 Å². The Labute approximate surface area is 208 Å². The molecule has 10 nitrogen and oxygen atoms in total. The molecule has 0 bridgehead atoms. The third-order valence-corrected chi connectivity index (χ3v) is 7.65. The largest absolute Gasteiger partial charge is 0.511 e. The van der Waals surface area contributed by atoms with Gasteiger partial charge in [0.2, 0.25) is 0 Å². The average Bonchev–Trinajstić information content (AvgIpc) is 2.77. The van der Waals surface area contributed by atoms with Crippen LogP contribution in [0.25, 0.3) is 0 Å². The number of phenolic OH excluding ortho intramolecular Hbond substituents is 1.